The second-order valence-electron chi connectivity index (χ2n) is 4.28. The number of nitrogen functional groups attached to an aromatic ring is 1. The molecule has 4 nitrogen and oxygen atoms in total. The first-order chi connectivity index (χ1) is 9.29. The highest BCUT2D eigenvalue weighted by molar-refractivity contribution is 7.92. The van der Waals surface area contributed by atoms with Gasteiger partial charge in [0.15, 0.2) is 0 Å². The zero-order valence-corrected chi connectivity index (χ0v) is 12.1. The number of nitrogens with one attached hydrogen (secondary N) is 1. The summed E-state index contributed by atoms with van der Waals surface area (Å²) in [6.07, 6.45) is 0. The van der Waals surface area contributed by atoms with Crippen LogP contribution in [0.15, 0.2) is 41.3 Å². The van der Waals surface area contributed by atoms with Gasteiger partial charge in [-0.05, 0) is 42.8 Å². The van der Waals surface area contributed by atoms with Crippen LogP contribution in [0.1, 0.15) is 5.56 Å². The third kappa shape index (κ3) is 3.02. The van der Waals surface area contributed by atoms with Crippen molar-refractivity contribution in [3.05, 3.63) is 52.8 Å². The molecule has 0 unspecified atom stereocenters. The smallest absolute Gasteiger partial charge is 0.263 e. The molecule has 0 aliphatic heterocycles. The predicted molar refractivity (Wildman–Crippen MR) is 77.8 cm³/mol. The maximum atomic E-state index is 13.3. The van der Waals surface area contributed by atoms with E-state index < -0.39 is 15.8 Å². The van der Waals surface area contributed by atoms with Crippen LogP contribution in [0.3, 0.4) is 0 Å². The molecular formula is C13H12ClFN2O2S. The van der Waals surface area contributed by atoms with Gasteiger partial charge in [0, 0.05) is 0 Å². The van der Waals surface area contributed by atoms with E-state index in [0.717, 1.165) is 11.6 Å². The number of hydrogen-bond acceptors (Lipinski definition) is 3. The molecule has 3 N–H and O–H groups in total. The molecule has 0 saturated carbocycles. The fraction of sp³-hybridized carbons (Fsp3) is 0.0769. The van der Waals surface area contributed by atoms with E-state index in [-0.39, 0.29) is 21.3 Å². The van der Waals surface area contributed by atoms with Gasteiger partial charge in [0.05, 0.1) is 16.4 Å². The van der Waals surface area contributed by atoms with Crippen LogP contribution in [-0.4, -0.2) is 8.42 Å². The Kier molecular flexibility index (Phi) is 3.87. The molecule has 7 heteroatoms. The number of benzene rings is 2. The van der Waals surface area contributed by atoms with Crippen LogP contribution in [0.25, 0.3) is 0 Å². The van der Waals surface area contributed by atoms with Crippen LogP contribution in [0, 0.1) is 12.7 Å². The molecule has 20 heavy (non-hydrogen) atoms. The fourth-order valence-electron chi connectivity index (χ4n) is 1.68. The van der Waals surface area contributed by atoms with Gasteiger partial charge in [-0.15, -0.1) is 0 Å². The normalized spacial score (nSPS) is 11.3. The summed E-state index contributed by atoms with van der Waals surface area (Å²) in [7, 11) is -3.88. The predicted octanol–water partition coefficient (Wildman–Crippen LogP) is 3.17. The molecule has 0 saturated heterocycles. The van der Waals surface area contributed by atoms with Crippen LogP contribution in [0.5, 0.6) is 0 Å². The molecule has 0 aliphatic rings. The number of aryl methyl sites for hydroxylation is 1. The molecule has 106 valence electrons. The summed E-state index contributed by atoms with van der Waals surface area (Å²) in [4.78, 5) is -0.0570. The summed E-state index contributed by atoms with van der Waals surface area (Å²) in [6, 6.07) is 8.23. The minimum Gasteiger partial charge on any atom is -0.398 e. The van der Waals surface area contributed by atoms with Crippen molar-refractivity contribution < 1.29 is 12.8 Å². The highest BCUT2D eigenvalue weighted by atomic mass is 35.5. The van der Waals surface area contributed by atoms with E-state index >= 15 is 0 Å². The Morgan fingerprint density at radius 2 is 1.90 bits per heavy atom. The number of nitrogens with two attached hydrogens (primary N) is 1. The van der Waals surface area contributed by atoms with Gasteiger partial charge in [-0.3, -0.25) is 4.72 Å². The van der Waals surface area contributed by atoms with E-state index in [1.807, 2.05) is 0 Å². The fourth-order valence-corrected chi connectivity index (χ4v) is 2.96. The summed E-state index contributed by atoms with van der Waals surface area (Å²) in [5, 5.41) is -0.0807. The van der Waals surface area contributed by atoms with E-state index in [2.05, 4.69) is 4.72 Å². The van der Waals surface area contributed by atoms with Crippen molar-refractivity contribution in [2.45, 2.75) is 11.8 Å². The molecule has 0 bridgehead atoms. The van der Waals surface area contributed by atoms with Crippen LogP contribution < -0.4 is 10.5 Å². The minimum atomic E-state index is -3.88. The first-order valence-corrected chi connectivity index (χ1v) is 7.50. The Hall–Kier alpha value is -1.79. The molecule has 2 rings (SSSR count). The molecule has 0 atom stereocenters. The van der Waals surface area contributed by atoms with Gasteiger partial charge in [-0.2, -0.15) is 0 Å². The maximum Gasteiger partial charge on any atom is 0.263 e. The molecule has 0 spiro atoms. The highest BCUT2D eigenvalue weighted by Gasteiger charge is 2.18. The first-order valence-electron chi connectivity index (χ1n) is 5.63. The van der Waals surface area contributed by atoms with Crippen molar-refractivity contribution in [1.82, 2.24) is 0 Å². The maximum absolute atomic E-state index is 13.3. The zero-order chi connectivity index (χ0) is 14.9. The van der Waals surface area contributed by atoms with Crippen molar-refractivity contribution >= 4 is 33.0 Å². The van der Waals surface area contributed by atoms with Crippen molar-refractivity contribution in [3.8, 4) is 0 Å². The summed E-state index contributed by atoms with van der Waals surface area (Å²) >= 11 is 5.54. The van der Waals surface area contributed by atoms with Gasteiger partial charge < -0.3 is 5.73 Å². The topological polar surface area (TPSA) is 72.2 Å². The highest BCUT2D eigenvalue weighted by Crippen LogP contribution is 2.24. The van der Waals surface area contributed by atoms with E-state index in [9.17, 15) is 12.8 Å². The SMILES string of the molecule is Cc1ccc(S(=O)(=O)Nc2ccc(Cl)c(F)c2)c(N)c1. The quantitative estimate of drug-likeness (QED) is 0.855. The molecule has 0 aromatic heterocycles. The zero-order valence-electron chi connectivity index (χ0n) is 10.5. The lowest BCUT2D eigenvalue weighted by Crippen LogP contribution is -2.15. The van der Waals surface area contributed by atoms with Gasteiger partial charge in [-0.1, -0.05) is 17.7 Å². The van der Waals surface area contributed by atoms with Crippen LogP contribution in [0.4, 0.5) is 15.8 Å². The van der Waals surface area contributed by atoms with Gasteiger partial charge >= 0.3 is 0 Å². The number of sulfonamides is 1. The van der Waals surface area contributed by atoms with Crippen LogP contribution in [-0.2, 0) is 10.0 Å². The largest absolute Gasteiger partial charge is 0.398 e. The van der Waals surface area contributed by atoms with Gasteiger partial charge in [0.25, 0.3) is 10.0 Å². The summed E-state index contributed by atoms with van der Waals surface area (Å²) < 4.78 is 39.9. The third-order valence-electron chi connectivity index (χ3n) is 2.63. The van der Waals surface area contributed by atoms with Gasteiger partial charge in [0.2, 0.25) is 0 Å². The lowest BCUT2D eigenvalue weighted by atomic mass is 10.2. The Bertz CT molecular complexity index is 763. The molecule has 0 amide bonds. The first kappa shape index (κ1) is 14.6. The Morgan fingerprint density at radius 3 is 2.50 bits per heavy atom. The second-order valence-corrected chi connectivity index (χ2v) is 6.33. The summed E-state index contributed by atoms with van der Waals surface area (Å²) in [5.74, 6) is -0.705. The average Bonchev–Trinajstić information content (AvgIpc) is 2.33. The second kappa shape index (κ2) is 5.30. The van der Waals surface area contributed by atoms with E-state index in [1.165, 1.54) is 18.2 Å². The minimum absolute atomic E-state index is 0.0570. The molecule has 2 aromatic carbocycles. The monoisotopic (exact) mass is 314 g/mol. The van der Waals surface area contributed by atoms with Crippen molar-refractivity contribution in [2.24, 2.45) is 0 Å². The average molecular weight is 315 g/mol. The van der Waals surface area contributed by atoms with Crippen LogP contribution >= 0.6 is 11.6 Å². The number of anilines is 2. The Morgan fingerprint density at radius 1 is 1.20 bits per heavy atom. The Labute approximate surface area is 121 Å². The molecule has 0 radical (unpaired) electrons. The molecule has 0 aliphatic carbocycles. The van der Waals surface area contributed by atoms with Crippen molar-refractivity contribution in [3.63, 3.8) is 0 Å². The van der Waals surface area contributed by atoms with Crippen molar-refractivity contribution in [1.29, 1.82) is 0 Å². The molecule has 0 heterocycles. The summed E-state index contributed by atoms with van der Waals surface area (Å²) in [5.41, 5.74) is 6.75. The molecular weight excluding hydrogens is 303 g/mol. The van der Waals surface area contributed by atoms with E-state index in [1.54, 1.807) is 19.1 Å². The molecule has 0 fully saturated rings. The Balaban J connectivity index is 2.38. The lowest BCUT2D eigenvalue weighted by molar-refractivity contribution is 0.601. The van der Waals surface area contributed by atoms with Crippen LogP contribution in [0.2, 0.25) is 5.02 Å². The van der Waals surface area contributed by atoms with E-state index in [4.69, 9.17) is 17.3 Å². The van der Waals surface area contributed by atoms with Crippen molar-refractivity contribution in [2.75, 3.05) is 10.5 Å². The number of hydrogen-bond donors (Lipinski definition) is 2. The molecule has 2 aromatic rings. The third-order valence-corrected chi connectivity index (χ3v) is 4.39. The lowest BCUT2D eigenvalue weighted by Gasteiger charge is -2.11. The van der Waals surface area contributed by atoms with Gasteiger partial charge in [-0.25, -0.2) is 12.8 Å². The standard InChI is InChI=1S/C13H12ClFN2O2S/c1-8-2-5-13(12(16)6-8)20(18,19)17-9-3-4-10(14)11(15)7-9/h2-7,17H,16H2,1H3. The number of halogens is 2. The summed E-state index contributed by atoms with van der Waals surface area (Å²) in [6.45, 7) is 1.80. The van der Waals surface area contributed by atoms with E-state index in [0.29, 0.717) is 0 Å². The number of rotatable bonds is 3. The van der Waals surface area contributed by atoms with Gasteiger partial charge in [0.1, 0.15) is 10.7 Å².